The number of nitrogens with two attached hydrogens (primary N) is 1. The van der Waals surface area contributed by atoms with Crippen LogP contribution < -0.4 is 10.5 Å². The summed E-state index contributed by atoms with van der Waals surface area (Å²) in [5.74, 6) is 0.687. The summed E-state index contributed by atoms with van der Waals surface area (Å²) in [6.45, 7) is 2.14. The quantitative estimate of drug-likeness (QED) is 0.513. The first-order chi connectivity index (χ1) is 13.0. The third kappa shape index (κ3) is 5.90. The average molecular weight is 380 g/mol. The molecule has 7 heteroatoms. The topological polar surface area (TPSA) is 105 Å². The number of benzene rings is 1. The van der Waals surface area contributed by atoms with Gasteiger partial charge in [-0.1, -0.05) is 12.1 Å². The van der Waals surface area contributed by atoms with Gasteiger partial charge in [-0.15, -0.1) is 0 Å². The highest BCUT2D eigenvalue weighted by Crippen LogP contribution is 2.35. The first kappa shape index (κ1) is 21.6. The molecule has 7 nitrogen and oxygen atoms in total. The lowest BCUT2D eigenvalue weighted by molar-refractivity contribution is -0.142. The number of piperidine rings is 1. The van der Waals surface area contributed by atoms with Crippen LogP contribution >= 0.6 is 0 Å². The van der Waals surface area contributed by atoms with Crippen LogP contribution in [0.4, 0.5) is 0 Å². The van der Waals surface area contributed by atoms with Crippen LogP contribution in [0.3, 0.4) is 0 Å². The first-order valence-electron chi connectivity index (χ1n) is 9.52. The van der Waals surface area contributed by atoms with Gasteiger partial charge in [0, 0.05) is 38.8 Å². The van der Waals surface area contributed by atoms with Crippen molar-refractivity contribution < 1.29 is 24.5 Å². The summed E-state index contributed by atoms with van der Waals surface area (Å²) in [5, 5.41) is 20.4. The highest BCUT2D eigenvalue weighted by Gasteiger charge is 2.43. The zero-order valence-electron chi connectivity index (χ0n) is 16.1. The minimum Gasteiger partial charge on any atom is -0.492 e. The lowest BCUT2D eigenvalue weighted by atomic mass is 9.74. The number of hydrogen-bond donors (Lipinski definition) is 3. The minimum absolute atomic E-state index is 0.0116. The van der Waals surface area contributed by atoms with Gasteiger partial charge in [0.25, 0.3) is 0 Å². The predicted octanol–water partition coefficient (Wildman–Crippen LogP) is 0.565. The SMILES string of the molecule is COCCC[C@@]1(CO)CN(C(=O)Cc2cccc(OCCN)c2)CC[C@H]1O. The van der Waals surface area contributed by atoms with E-state index in [1.54, 1.807) is 12.0 Å². The Labute approximate surface area is 161 Å². The number of rotatable bonds is 10. The molecule has 1 aliphatic heterocycles. The van der Waals surface area contributed by atoms with E-state index >= 15 is 0 Å². The molecule has 0 aliphatic carbocycles. The van der Waals surface area contributed by atoms with E-state index in [0.29, 0.717) is 51.4 Å². The van der Waals surface area contributed by atoms with Crippen molar-refractivity contribution in [3.8, 4) is 5.75 Å². The molecule has 1 aromatic rings. The molecule has 0 radical (unpaired) electrons. The summed E-state index contributed by atoms with van der Waals surface area (Å²) in [6.07, 6.45) is 1.46. The largest absolute Gasteiger partial charge is 0.492 e. The number of methoxy groups -OCH3 is 1. The third-order valence-corrected chi connectivity index (χ3v) is 5.22. The molecular formula is C20H32N2O5. The molecule has 0 saturated carbocycles. The molecular weight excluding hydrogens is 348 g/mol. The molecule has 0 bridgehead atoms. The second-order valence-electron chi connectivity index (χ2n) is 7.20. The van der Waals surface area contributed by atoms with Gasteiger partial charge in [-0.25, -0.2) is 0 Å². The summed E-state index contributed by atoms with van der Waals surface area (Å²) in [4.78, 5) is 14.6. The Morgan fingerprint density at radius 2 is 2.22 bits per heavy atom. The smallest absolute Gasteiger partial charge is 0.227 e. The van der Waals surface area contributed by atoms with Crippen molar-refractivity contribution in [1.82, 2.24) is 4.90 Å². The maximum Gasteiger partial charge on any atom is 0.227 e. The van der Waals surface area contributed by atoms with Gasteiger partial charge in [0.15, 0.2) is 0 Å². The van der Waals surface area contributed by atoms with E-state index in [0.717, 1.165) is 12.0 Å². The molecule has 1 saturated heterocycles. The Hall–Kier alpha value is -1.67. The van der Waals surface area contributed by atoms with Gasteiger partial charge < -0.3 is 30.3 Å². The molecule has 0 spiro atoms. The number of carbonyl (C=O) groups excluding carboxylic acids is 1. The number of nitrogens with zero attached hydrogens (tertiary/aromatic N) is 1. The van der Waals surface area contributed by atoms with Crippen molar-refractivity contribution in [2.24, 2.45) is 11.1 Å². The van der Waals surface area contributed by atoms with Crippen molar-refractivity contribution in [3.63, 3.8) is 0 Å². The Bertz CT molecular complexity index is 597. The summed E-state index contributed by atoms with van der Waals surface area (Å²) in [7, 11) is 1.63. The Morgan fingerprint density at radius 3 is 2.93 bits per heavy atom. The zero-order chi connectivity index (χ0) is 19.7. The number of aliphatic hydroxyl groups is 2. The zero-order valence-corrected chi connectivity index (χ0v) is 16.1. The summed E-state index contributed by atoms with van der Waals surface area (Å²) >= 11 is 0. The summed E-state index contributed by atoms with van der Waals surface area (Å²) in [5.41, 5.74) is 5.64. The first-order valence-corrected chi connectivity index (χ1v) is 9.52. The lowest BCUT2D eigenvalue weighted by Crippen LogP contribution is -2.55. The van der Waals surface area contributed by atoms with Crippen LogP contribution in [0.25, 0.3) is 0 Å². The fourth-order valence-corrected chi connectivity index (χ4v) is 3.62. The molecule has 1 heterocycles. The van der Waals surface area contributed by atoms with E-state index in [4.69, 9.17) is 15.2 Å². The van der Waals surface area contributed by atoms with Crippen molar-refractivity contribution in [1.29, 1.82) is 0 Å². The summed E-state index contributed by atoms with van der Waals surface area (Å²) < 4.78 is 10.6. The van der Waals surface area contributed by atoms with Crippen molar-refractivity contribution in [2.75, 3.05) is 46.6 Å². The summed E-state index contributed by atoms with van der Waals surface area (Å²) in [6, 6.07) is 7.44. The number of ether oxygens (including phenoxy) is 2. The highest BCUT2D eigenvalue weighted by atomic mass is 16.5. The van der Waals surface area contributed by atoms with Gasteiger partial charge in [-0.05, 0) is 37.0 Å². The standard InChI is InChI=1S/C20H32N2O5/c1-26-10-3-7-20(15-23)14-22(9-6-18(20)24)19(25)13-16-4-2-5-17(12-16)27-11-8-21/h2,4-5,12,18,23-24H,3,6-11,13-15,21H2,1H3/t18-,20+/m1/s1. The molecule has 152 valence electrons. The molecule has 1 fully saturated rings. The molecule has 1 aromatic carbocycles. The van der Waals surface area contributed by atoms with Crippen LogP contribution in [0.5, 0.6) is 5.75 Å². The van der Waals surface area contributed by atoms with Crippen LogP contribution in [0.15, 0.2) is 24.3 Å². The van der Waals surface area contributed by atoms with E-state index in [-0.39, 0.29) is 18.9 Å². The maximum atomic E-state index is 12.8. The number of amides is 1. The molecule has 4 N–H and O–H groups in total. The number of hydrogen-bond acceptors (Lipinski definition) is 6. The van der Waals surface area contributed by atoms with Gasteiger partial charge in [-0.3, -0.25) is 4.79 Å². The predicted molar refractivity (Wildman–Crippen MR) is 103 cm³/mol. The highest BCUT2D eigenvalue weighted by molar-refractivity contribution is 5.79. The molecule has 2 rings (SSSR count). The van der Waals surface area contributed by atoms with Gasteiger partial charge in [0.05, 0.1) is 19.1 Å². The van der Waals surface area contributed by atoms with Gasteiger partial charge in [-0.2, -0.15) is 0 Å². The maximum absolute atomic E-state index is 12.8. The normalized spacial score (nSPS) is 22.7. The number of aliphatic hydroxyl groups excluding tert-OH is 2. The third-order valence-electron chi connectivity index (χ3n) is 5.22. The van der Waals surface area contributed by atoms with E-state index in [2.05, 4.69) is 0 Å². The van der Waals surface area contributed by atoms with E-state index in [9.17, 15) is 15.0 Å². The monoisotopic (exact) mass is 380 g/mol. The van der Waals surface area contributed by atoms with Crippen molar-refractivity contribution >= 4 is 5.91 Å². The van der Waals surface area contributed by atoms with Gasteiger partial charge in [0.1, 0.15) is 12.4 Å². The number of likely N-dealkylation sites (tertiary alicyclic amines) is 1. The Morgan fingerprint density at radius 1 is 1.41 bits per heavy atom. The molecule has 1 amide bonds. The minimum atomic E-state index is -0.682. The van der Waals surface area contributed by atoms with E-state index < -0.39 is 11.5 Å². The molecule has 27 heavy (non-hydrogen) atoms. The van der Waals surface area contributed by atoms with E-state index in [1.807, 2.05) is 24.3 Å². The van der Waals surface area contributed by atoms with E-state index in [1.165, 1.54) is 0 Å². The number of carbonyl (C=O) groups is 1. The second kappa shape index (κ2) is 10.6. The average Bonchev–Trinajstić information content (AvgIpc) is 2.68. The van der Waals surface area contributed by atoms with Crippen LogP contribution in [0.2, 0.25) is 0 Å². The fourth-order valence-electron chi connectivity index (χ4n) is 3.62. The van der Waals surface area contributed by atoms with Crippen LogP contribution in [-0.2, 0) is 16.0 Å². The van der Waals surface area contributed by atoms with Crippen LogP contribution in [-0.4, -0.2) is 73.7 Å². The molecule has 1 aliphatic rings. The van der Waals surface area contributed by atoms with Crippen molar-refractivity contribution in [2.45, 2.75) is 31.8 Å². The van der Waals surface area contributed by atoms with Crippen LogP contribution in [0, 0.1) is 5.41 Å². The van der Waals surface area contributed by atoms with Crippen LogP contribution in [0.1, 0.15) is 24.8 Å². The Balaban J connectivity index is 2.01. The lowest BCUT2D eigenvalue weighted by Gasteiger charge is -2.45. The fraction of sp³-hybridized carbons (Fsp3) is 0.650. The molecule has 0 unspecified atom stereocenters. The van der Waals surface area contributed by atoms with Gasteiger partial charge in [0.2, 0.25) is 5.91 Å². The van der Waals surface area contributed by atoms with Gasteiger partial charge >= 0.3 is 0 Å². The Kier molecular flexibility index (Phi) is 8.50. The molecule has 0 aromatic heterocycles. The molecule has 2 atom stereocenters. The second-order valence-corrected chi connectivity index (χ2v) is 7.20. The van der Waals surface area contributed by atoms with Crippen molar-refractivity contribution in [3.05, 3.63) is 29.8 Å².